The molecule has 0 aromatic heterocycles. The Bertz CT molecular complexity index is 708. The van der Waals surface area contributed by atoms with Gasteiger partial charge in [-0.3, -0.25) is 4.79 Å². The van der Waals surface area contributed by atoms with Crippen LogP contribution in [0.4, 0.5) is 0 Å². The highest BCUT2D eigenvalue weighted by Gasteiger charge is 2.57. The van der Waals surface area contributed by atoms with Crippen LogP contribution in [0.3, 0.4) is 0 Å². The van der Waals surface area contributed by atoms with Crippen molar-refractivity contribution >= 4 is 5.78 Å². The third-order valence-electron chi connectivity index (χ3n) is 5.96. The summed E-state index contributed by atoms with van der Waals surface area (Å²) < 4.78 is 0. The number of ketones is 1. The molecular formula is C20H20O. The number of benzene rings is 2. The molecule has 0 radical (unpaired) electrons. The maximum Gasteiger partial charge on any atom is 0.134 e. The zero-order chi connectivity index (χ0) is 14.8. The van der Waals surface area contributed by atoms with E-state index in [1.807, 2.05) is 0 Å². The molecule has 0 saturated heterocycles. The summed E-state index contributed by atoms with van der Waals surface area (Å²) in [6.07, 6.45) is 0.923. The van der Waals surface area contributed by atoms with Crippen molar-refractivity contribution in [3.8, 4) is 0 Å². The summed E-state index contributed by atoms with van der Waals surface area (Å²) >= 11 is 0. The van der Waals surface area contributed by atoms with Crippen LogP contribution in [0, 0.1) is 5.92 Å². The molecule has 5 rings (SSSR count). The highest BCUT2D eigenvalue weighted by Crippen LogP contribution is 2.61. The van der Waals surface area contributed by atoms with Crippen LogP contribution < -0.4 is 0 Å². The van der Waals surface area contributed by atoms with Gasteiger partial charge in [-0.15, -0.1) is 0 Å². The molecule has 21 heavy (non-hydrogen) atoms. The highest BCUT2D eigenvalue weighted by molar-refractivity contribution is 5.84. The quantitative estimate of drug-likeness (QED) is 0.762. The SMILES string of the molecule is CC(=O)C1CC2(C)c3ccccc3C1(C)c1ccccc12. The maximum atomic E-state index is 12.4. The molecule has 1 unspecified atom stereocenters. The van der Waals surface area contributed by atoms with E-state index in [1.165, 1.54) is 22.3 Å². The van der Waals surface area contributed by atoms with Crippen molar-refractivity contribution in [2.45, 2.75) is 38.0 Å². The Morgan fingerprint density at radius 3 is 1.76 bits per heavy atom. The van der Waals surface area contributed by atoms with Crippen LogP contribution >= 0.6 is 0 Å². The Morgan fingerprint density at radius 2 is 1.33 bits per heavy atom. The lowest BCUT2D eigenvalue weighted by Crippen LogP contribution is -2.54. The van der Waals surface area contributed by atoms with Gasteiger partial charge in [0.1, 0.15) is 5.78 Å². The normalized spacial score (nSPS) is 32.4. The van der Waals surface area contributed by atoms with Crippen molar-refractivity contribution in [2.24, 2.45) is 5.92 Å². The van der Waals surface area contributed by atoms with Crippen molar-refractivity contribution in [1.29, 1.82) is 0 Å². The van der Waals surface area contributed by atoms with Gasteiger partial charge in [0.25, 0.3) is 0 Å². The molecule has 0 N–H and O–H groups in total. The summed E-state index contributed by atoms with van der Waals surface area (Å²) in [5.74, 6) is 0.389. The van der Waals surface area contributed by atoms with E-state index in [0.29, 0.717) is 5.78 Å². The van der Waals surface area contributed by atoms with E-state index in [0.717, 1.165) is 6.42 Å². The van der Waals surface area contributed by atoms with Gasteiger partial charge in [0.05, 0.1) is 0 Å². The third-order valence-corrected chi connectivity index (χ3v) is 5.96. The van der Waals surface area contributed by atoms with E-state index in [4.69, 9.17) is 0 Å². The van der Waals surface area contributed by atoms with Gasteiger partial charge >= 0.3 is 0 Å². The molecule has 1 nitrogen and oxygen atoms in total. The summed E-state index contributed by atoms with van der Waals surface area (Å²) in [4.78, 5) is 12.4. The average molecular weight is 276 g/mol. The van der Waals surface area contributed by atoms with Crippen LogP contribution in [0.2, 0.25) is 0 Å². The number of Topliss-reactive ketones (excluding diaryl/α,β-unsaturated/α-hetero) is 1. The minimum absolute atomic E-state index is 0.0404. The molecule has 0 aliphatic heterocycles. The topological polar surface area (TPSA) is 17.1 Å². The van der Waals surface area contributed by atoms with Gasteiger partial charge in [-0.2, -0.15) is 0 Å². The molecule has 2 aromatic rings. The highest BCUT2D eigenvalue weighted by atomic mass is 16.1. The zero-order valence-electron chi connectivity index (χ0n) is 12.8. The lowest BCUT2D eigenvalue weighted by molar-refractivity contribution is -0.123. The monoisotopic (exact) mass is 276 g/mol. The van der Waals surface area contributed by atoms with Crippen molar-refractivity contribution in [1.82, 2.24) is 0 Å². The number of fused-ring (bicyclic) bond motifs is 1. The molecular weight excluding hydrogens is 256 g/mol. The Labute approximate surface area is 126 Å². The molecule has 2 aromatic carbocycles. The van der Waals surface area contributed by atoms with Crippen molar-refractivity contribution < 1.29 is 4.79 Å². The average Bonchev–Trinajstić information content (AvgIpc) is 2.50. The van der Waals surface area contributed by atoms with Gasteiger partial charge in [-0.1, -0.05) is 62.4 Å². The standard InChI is InChI=1S/C20H20O/c1-13(21)18-12-19(2)14-8-4-6-10-16(14)20(18,3)17-11-7-5-9-15(17)19/h4-11,18H,12H2,1-3H3. The summed E-state index contributed by atoms with van der Waals surface area (Å²) in [6, 6.07) is 17.4. The maximum absolute atomic E-state index is 12.4. The second-order valence-corrected chi connectivity index (χ2v) is 6.99. The third kappa shape index (κ3) is 1.35. The number of carbonyl (C=O) groups is 1. The van der Waals surface area contributed by atoms with Gasteiger partial charge in [0, 0.05) is 16.7 Å². The minimum atomic E-state index is -0.184. The van der Waals surface area contributed by atoms with Crippen LogP contribution in [-0.2, 0) is 15.6 Å². The molecule has 2 bridgehead atoms. The van der Waals surface area contributed by atoms with E-state index in [1.54, 1.807) is 6.92 Å². The minimum Gasteiger partial charge on any atom is -0.300 e. The van der Waals surface area contributed by atoms with Crippen LogP contribution in [0.1, 0.15) is 49.4 Å². The van der Waals surface area contributed by atoms with Crippen LogP contribution in [0.5, 0.6) is 0 Å². The predicted molar refractivity (Wildman–Crippen MR) is 84.6 cm³/mol. The molecule has 3 aliphatic rings. The van der Waals surface area contributed by atoms with E-state index in [9.17, 15) is 4.79 Å². The molecule has 106 valence electrons. The largest absolute Gasteiger partial charge is 0.300 e. The van der Waals surface area contributed by atoms with Crippen molar-refractivity contribution in [3.63, 3.8) is 0 Å². The van der Waals surface area contributed by atoms with Gasteiger partial charge in [-0.25, -0.2) is 0 Å². The number of hydrogen-bond donors (Lipinski definition) is 0. The molecule has 0 amide bonds. The summed E-state index contributed by atoms with van der Waals surface area (Å²) in [5.41, 5.74) is 5.28. The van der Waals surface area contributed by atoms with Crippen LogP contribution in [0.15, 0.2) is 48.5 Å². The molecule has 1 atom stereocenters. The van der Waals surface area contributed by atoms with Crippen LogP contribution in [-0.4, -0.2) is 5.78 Å². The Hall–Kier alpha value is -1.89. The second-order valence-electron chi connectivity index (χ2n) is 6.99. The zero-order valence-corrected chi connectivity index (χ0v) is 12.8. The summed E-state index contributed by atoms with van der Waals surface area (Å²) in [6.45, 7) is 6.32. The Balaban J connectivity index is 2.15. The first kappa shape index (κ1) is 12.8. The molecule has 0 saturated carbocycles. The molecule has 0 fully saturated rings. The molecule has 1 heteroatoms. The fraction of sp³-hybridized carbons (Fsp3) is 0.350. The summed E-state index contributed by atoms with van der Waals surface area (Å²) in [5, 5.41) is 0. The number of rotatable bonds is 1. The number of carbonyl (C=O) groups excluding carboxylic acids is 1. The summed E-state index contributed by atoms with van der Waals surface area (Å²) in [7, 11) is 0. The van der Waals surface area contributed by atoms with Gasteiger partial charge in [-0.05, 0) is 35.6 Å². The Kier molecular flexibility index (Phi) is 2.35. The van der Waals surface area contributed by atoms with Gasteiger partial charge in [0.2, 0.25) is 0 Å². The Morgan fingerprint density at radius 1 is 0.905 bits per heavy atom. The van der Waals surface area contributed by atoms with Crippen molar-refractivity contribution in [3.05, 3.63) is 70.8 Å². The number of hydrogen-bond acceptors (Lipinski definition) is 1. The lowest BCUT2D eigenvalue weighted by atomic mass is 9.46. The lowest BCUT2D eigenvalue weighted by Gasteiger charge is -2.56. The first-order valence-electron chi connectivity index (χ1n) is 7.70. The smallest absolute Gasteiger partial charge is 0.134 e. The molecule has 3 aliphatic carbocycles. The van der Waals surface area contributed by atoms with Crippen molar-refractivity contribution in [2.75, 3.05) is 0 Å². The fourth-order valence-electron chi connectivity index (χ4n) is 4.88. The fourth-order valence-corrected chi connectivity index (χ4v) is 4.88. The van der Waals surface area contributed by atoms with Gasteiger partial charge < -0.3 is 0 Å². The first-order valence-corrected chi connectivity index (χ1v) is 7.70. The first-order chi connectivity index (χ1) is 9.99. The van der Waals surface area contributed by atoms with E-state index >= 15 is 0 Å². The molecule has 0 heterocycles. The molecule has 0 spiro atoms. The second kappa shape index (κ2) is 3.85. The van der Waals surface area contributed by atoms with Crippen LogP contribution in [0.25, 0.3) is 0 Å². The van der Waals surface area contributed by atoms with E-state index < -0.39 is 0 Å². The van der Waals surface area contributed by atoms with E-state index in [-0.39, 0.29) is 16.7 Å². The predicted octanol–water partition coefficient (Wildman–Crippen LogP) is 4.22. The van der Waals surface area contributed by atoms with E-state index in [2.05, 4.69) is 62.4 Å². The van der Waals surface area contributed by atoms with Gasteiger partial charge in [0.15, 0.2) is 0 Å².